The van der Waals surface area contributed by atoms with Crippen LogP contribution in [0.3, 0.4) is 0 Å². The largest absolute Gasteiger partial charge is 0.489 e. The molecular formula is C23H28N2O3. The van der Waals surface area contributed by atoms with Crippen LogP contribution in [0.5, 0.6) is 11.5 Å². The van der Waals surface area contributed by atoms with Gasteiger partial charge in [-0.1, -0.05) is 32.0 Å². The van der Waals surface area contributed by atoms with E-state index in [9.17, 15) is 4.79 Å². The molecule has 148 valence electrons. The highest BCUT2D eigenvalue weighted by Crippen LogP contribution is 2.34. The molecule has 2 aliphatic rings. The predicted octanol–water partition coefficient (Wildman–Crippen LogP) is 3.49. The minimum Gasteiger partial charge on any atom is -0.489 e. The van der Waals surface area contributed by atoms with Crippen molar-refractivity contribution in [3.05, 3.63) is 54.1 Å². The number of para-hydroxylation sites is 1. The molecule has 0 N–H and O–H groups in total. The summed E-state index contributed by atoms with van der Waals surface area (Å²) >= 11 is 0. The molecule has 2 aromatic carbocycles. The maximum atomic E-state index is 12.8. The highest BCUT2D eigenvalue weighted by molar-refractivity contribution is 5.98. The number of carbonyl (C=O) groups is 1. The number of rotatable bonds is 4. The summed E-state index contributed by atoms with van der Waals surface area (Å²) in [5.74, 6) is 1.52. The van der Waals surface area contributed by atoms with Crippen molar-refractivity contribution in [2.24, 2.45) is 5.41 Å². The van der Waals surface area contributed by atoms with E-state index < -0.39 is 0 Å². The number of hydrogen-bond donors (Lipinski definition) is 0. The number of Topliss-reactive ketones (excluding diaryl/α,β-unsaturated/α-hetero) is 1. The highest BCUT2D eigenvalue weighted by atomic mass is 16.5. The van der Waals surface area contributed by atoms with Crippen LogP contribution in [0.1, 0.15) is 24.2 Å². The molecule has 5 nitrogen and oxygen atoms in total. The standard InChI is InChI=1S/C23H28N2O3/c1-23(2)16-27-21-9-8-18(14-22(21)28-17-23)20(26)15-24-10-12-25(13-11-24)19-6-4-3-5-7-19/h3-9,14H,10-13,15-17H2,1-2H3. The van der Waals surface area contributed by atoms with Crippen molar-refractivity contribution in [2.45, 2.75) is 13.8 Å². The fourth-order valence-electron chi connectivity index (χ4n) is 3.60. The predicted molar refractivity (Wildman–Crippen MR) is 111 cm³/mol. The van der Waals surface area contributed by atoms with Crippen LogP contribution in [0.4, 0.5) is 5.69 Å². The lowest BCUT2D eigenvalue weighted by atomic mass is 9.97. The van der Waals surface area contributed by atoms with Gasteiger partial charge >= 0.3 is 0 Å². The van der Waals surface area contributed by atoms with Crippen LogP contribution in [0.25, 0.3) is 0 Å². The first-order valence-electron chi connectivity index (χ1n) is 9.95. The molecule has 2 aliphatic heterocycles. The number of hydrogen-bond acceptors (Lipinski definition) is 5. The SMILES string of the molecule is CC1(C)COc2ccc(C(=O)CN3CCN(c4ccccc4)CC3)cc2OC1. The van der Waals surface area contributed by atoms with Crippen LogP contribution in [-0.4, -0.2) is 56.6 Å². The summed E-state index contributed by atoms with van der Waals surface area (Å²) in [4.78, 5) is 17.4. The molecule has 1 saturated heterocycles. The van der Waals surface area contributed by atoms with Gasteiger partial charge < -0.3 is 14.4 Å². The molecule has 2 heterocycles. The van der Waals surface area contributed by atoms with Gasteiger partial charge in [0.25, 0.3) is 0 Å². The molecule has 4 rings (SSSR count). The smallest absolute Gasteiger partial charge is 0.176 e. The Morgan fingerprint density at radius 3 is 2.32 bits per heavy atom. The third kappa shape index (κ3) is 4.30. The van der Waals surface area contributed by atoms with E-state index in [1.54, 1.807) is 0 Å². The average molecular weight is 380 g/mol. The second-order valence-corrected chi connectivity index (χ2v) is 8.42. The van der Waals surface area contributed by atoms with Gasteiger partial charge in [-0.3, -0.25) is 9.69 Å². The first-order valence-corrected chi connectivity index (χ1v) is 9.95. The number of ketones is 1. The maximum absolute atomic E-state index is 12.8. The third-order valence-corrected chi connectivity index (χ3v) is 5.36. The summed E-state index contributed by atoms with van der Waals surface area (Å²) < 4.78 is 11.8. The quantitative estimate of drug-likeness (QED) is 0.760. The van der Waals surface area contributed by atoms with Crippen LogP contribution in [0, 0.1) is 5.41 Å². The lowest BCUT2D eigenvalue weighted by Gasteiger charge is -2.35. The lowest BCUT2D eigenvalue weighted by molar-refractivity contribution is 0.0926. The van der Waals surface area contributed by atoms with E-state index in [2.05, 4.69) is 47.9 Å². The summed E-state index contributed by atoms with van der Waals surface area (Å²) in [6, 6.07) is 16.0. The molecule has 28 heavy (non-hydrogen) atoms. The van der Waals surface area contributed by atoms with E-state index in [0.29, 0.717) is 31.1 Å². The second-order valence-electron chi connectivity index (χ2n) is 8.42. The first-order chi connectivity index (χ1) is 13.5. The van der Waals surface area contributed by atoms with Gasteiger partial charge in [0, 0.05) is 42.8 Å². The van der Waals surface area contributed by atoms with Crippen molar-refractivity contribution in [1.29, 1.82) is 0 Å². The molecule has 0 saturated carbocycles. The molecule has 2 aromatic rings. The van der Waals surface area contributed by atoms with E-state index in [-0.39, 0.29) is 11.2 Å². The molecule has 0 aromatic heterocycles. The number of fused-ring (bicyclic) bond motifs is 1. The summed E-state index contributed by atoms with van der Waals surface area (Å²) in [6.07, 6.45) is 0. The van der Waals surface area contributed by atoms with Crippen molar-refractivity contribution < 1.29 is 14.3 Å². The van der Waals surface area contributed by atoms with Gasteiger partial charge in [-0.15, -0.1) is 0 Å². The topological polar surface area (TPSA) is 42.0 Å². The van der Waals surface area contributed by atoms with Crippen molar-refractivity contribution in [1.82, 2.24) is 4.90 Å². The van der Waals surface area contributed by atoms with Crippen molar-refractivity contribution in [3.63, 3.8) is 0 Å². The normalized spacial score (nSPS) is 19.1. The minimum absolute atomic E-state index is 0.0401. The molecule has 0 radical (unpaired) electrons. The van der Waals surface area contributed by atoms with Crippen LogP contribution in [0.2, 0.25) is 0 Å². The third-order valence-electron chi connectivity index (χ3n) is 5.36. The molecular weight excluding hydrogens is 352 g/mol. The van der Waals surface area contributed by atoms with Crippen molar-refractivity contribution >= 4 is 11.5 Å². The molecule has 1 fully saturated rings. The van der Waals surface area contributed by atoms with Gasteiger partial charge in [0.1, 0.15) is 0 Å². The lowest BCUT2D eigenvalue weighted by Crippen LogP contribution is -2.48. The Labute approximate surface area is 166 Å². The average Bonchev–Trinajstić information content (AvgIpc) is 2.87. The zero-order valence-corrected chi connectivity index (χ0v) is 16.7. The van der Waals surface area contributed by atoms with Crippen LogP contribution in [0.15, 0.2) is 48.5 Å². The summed E-state index contributed by atoms with van der Waals surface area (Å²) in [7, 11) is 0. The number of ether oxygens (including phenoxy) is 2. The van der Waals surface area contributed by atoms with Crippen LogP contribution < -0.4 is 14.4 Å². The Hall–Kier alpha value is -2.53. The van der Waals surface area contributed by atoms with Crippen molar-refractivity contribution in [2.75, 3.05) is 50.8 Å². The Kier molecular flexibility index (Phi) is 5.27. The Bertz CT molecular complexity index is 827. The maximum Gasteiger partial charge on any atom is 0.176 e. The fourth-order valence-corrected chi connectivity index (χ4v) is 3.60. The zero-order valence-electron chi connectivity index (χ0n) is 16.7. The number of benzene rings is 2. The number of carbonyl (C=O) groups excluding carboxylic acids is 1. The van der Waals surface area contributed by atoms with Crippen LogP contribution in [-0.2, 0) is 0 Å². The fraction of sp³-hybridized carbons (Fsp3) is 0.435. The summed E-state index contributed by atoms with van der Waals surface area (Å²) in [5, 5.41) is 0. The Balaban J connectivity index is 1.35. The van der Waals surface area contributed by atoms with Gasteiger partial charge in [0.05, 0.1) is 19.8 Å². The minimum atomic E-state index is -0.0401. The van der Waals surface area contributed by atoms with Gasteiger partial charge in [-0.05, 0) is 30.3 Å². The van der Waals surface area contributed by atoms with E-state index in [0.717, 1.165) is 31.9 Å². The highest BCUT2D eigenvalue weighted by Gasteiger charge is 2.26. The molecule has 0 atom stereocenters. The Morgan fingerprint density at radius 1 is 0.929 bits per heavy atom. The molecule has 0 aliphatic carbocycles. The van der Waals surface area contributed by atoms with Crippen LogP contribution >= 0.6 is 0 Å². The number of piperazine rings is 1. The van der Waals surface area contributed by atoms with E-state index in [4.69, 9.17) is 9.47 Å². The number of anilines is 1. The molecule has 0 bridgehead atoms. The summed E-state index contributed by atoms with van der Waals surface area (Å²) in [5.41, 5.74) is 1.90. The molecule has 5 heteroatoms. The molecule has 0 amide bonds. The van der Waals surface area contributed by atoms with E-state index >= 15 is 0 Å². The second kappa shape index (κ2) is 7.84. The van der Waals surface area contributed by atoms with Gasteiger partial charge in [-0.25, -0.2) is 0 Å². The molecule has 0 unspecified atom stereocenters. The van der Waals surface area contributed by atoms with Gasteiger partial charge in [0.2, 0.25) is 0 Å². The monoisotopic (exact) mass is 380 g/mol. The number of nitrogens with zero attached hydrogens (tertiary/aromatic N) is 2. The van der Waals surface area contributed by atoms with E-state index in [1.807, 2.05) is 24.3 Å². The molecule has 0 spiro atoms. The van der Waals surface area contributed by atoms with E-state index in [1.165, 1.54) is 5.69 Å². The summed E-state index contributed by atoms with van der Waals surface area (Å²) in [6.45, 7) is 9.51. The Morgan fingerprint density at radius 2 is 1.61 bits per heavy atom. The first kappa shape index (κ1) is 18.8. The van der Waals surface area contributed by atoms with Gasteiger partial charge in [-0.2, -0.15) is 0 Å². The zero-order chi connectivity index (χ0) is 19.6. The van der Waals surface area contributed by atoms with Crippen molar-refractivity contribution in [3.8, 4) is 11.5 Å². The van der Waals surface area contributed by atoms with Gasteiger partial charge in [0.15, 0.2) is 17.3 Å².